The van der Waals surface area contributed by atoms with E-state index in [4.69, 9.17) is 20.9 Å². The van der Waals surface area contributed by atoms with Gasteiger partial charge in [-0.05, 0) is 36.6 Å². The molecule has 1 aromatic carbocycles. The molecule has 1 fully saturated rings. The van der Waals surface area contributed by atoms with Crippen molar-refractivity contribution in [2.75, 3.05) is 13.7 Å². The molecule has 0 atom stereocenters. The van der Waals surface area contributed by atoms with Crippen molar-refractivity contribution in [1.29, 1.82) is 0 Å². The lowest BCUT2D eigenvalue weighted by molar-refractivity contribution is -0.124. The number of carbonyl (C=O) groups excluding carboxylic acids is 1. The lowest BCUT2D eigenvalue weighted by atomic mass is 9.95. The maximum atomic E-state index is 12.0. The summed E-state index contributed by atoms with van der Waals surface area (Å²) in [4.78, 5) is 12.0. The Bertz CT molecular complexity index is 635. The Morgan fingerprint density at radius 3 is 2.72 bits per heavy atom. The van der Waals surface area contributed by atoms with Crippen LogP contribution in [-0.2, 0) is 4.79 Å². The molecule has 0 saturated heterocycles. The lowest BCUT2D eigenvalue weighted by Gasteiger charge is -2.22. The molecule has 0 unspecified atom stereocenters. The first-order chi connectivity index (χ1) is 12.1. The van der Waals surface area contributed by atoms with Crippen LogP contribution in [-0.4, -0.2) is 37.8 Å². The Kier molecular flexibility index (Phi) is 7.06. The monoisotopic (exact) mass is 347 g/mol. The molecule has 25 heavy (non-hydrogen) atoms. The molecule has 2 rings (SSSR count). The molecule has 5 N–H and O–H groups in total. The Morgan fingerprint density at radius 1 is 1.28 bits per heavy atom. The Morgan fingerprint density at radius 2 is 2.04 bits per heavy atom. The number of hydrogen-bond donors (Lipinski definition) is 3. The van der Waals surface area contributed by atoms with Gasteiger partial charge in [-0.15, -0.1) is 5.10 Å². The predicted octanol–water partition coefficient (Wildman–Crippen LogP) is 1.13. The normalized spacial score (nSPS) is 14.9. The quantitative estimate of drug-likeness (QED) is 0.387. The van der Waals surface area contributed by atoms with Crippen LogP contribution in [0, 0.1) is 0 Å². The van der Waals surface area contributed by atoms with Crippen molar-refractivity contribution >= 4 is 18.1 Å². The SMILES string of the molecule is COc1cc(C=NN=C(N)N)ccc1OCC(=O)NC1CCCCC1. The molecule has 1 saturated carbocycles. The number of hydrogen-bond acceptors (Lipinski definition) is 5. The van der Waals surface area contributed by atoms with Gasteiger partial charge in [0.2, 0.25) is 5.96 Å². The number of nitrogens with one attached hydrogen (secondary N) is 1. The van der Waals surface area contributed by atoms with Gasteiger partial charge in [0, 0.05) is 6.04 Å². The van der Waals surface area contributed by atoms with Gasteiger partial charge >= 0.3 is 0 Å². The van der Waals surface area contributed by atoms with Crippen LogP contribution < -0.4 is 26.3 Å². The Labute approximate surface area is 147 Å². The molecule has 0 aliphatic heterocycles. The van der Waals surface area contributed by atoms with Gasteiger partial charge in [0.05, 0.1) is 13.3 Å². The molecule has 1 amide bonds. The van der Waals surface area contributed by atoms with Crippen LogP contribution in [0.4, 0.5) is 0 Å². The number of nitrogens with zero attached hydrogens (tertiary/aromatic N) is 2. The molecule has 0 aromatic heterocycles. The summed E-state index contributed by atoms with van der Waals surface area (Å²) in [6.07, 6.45) is 7.16. The molecule has 1 aliphatic carbocycles. The first-order valence-electron chi connectivity index (χ1n) is 8.30. The van der Waals surface area contributed by atoms with Crippen LogP contribution >= 0.6 is 0 Å². The van der Waals surface area contributed by atoms with Crippen molar-refractivity contribution in [2.45, 2.75) is 38.1 Å². The second-order valence-corrected chi connectivity index (χ2v) is 5.87. The van der Waals surface area contributed by atoms with Crippen molar-refractivity contribution in [3.8, 4) is 11.5 Å². The van der Waals surface area contributed by atoms with Crippen LogP contribution in [0.3, 0.4) is 0 Å². The van der Waals surface area contributed by atoms with Gasteiger partial charge in [-0.2, -0.15) is 5.10 Å². The molecule has 8 heteroatoms. The van der Waals surface area contributed by atoms with E-state index in [1.54, 1.807) is 18.2 Å². The summed E-state index contributed by atoms with van der Waals surface area (Å²) >= 11 is 0. The van der Waals surface area contributed by atoms with Crippen LogP contribution in [0.2, 0.25) is 0 Å². The fourth-order valence-electron chi connectivity index (χ4n) is 2.71. The number of rotatable bonds is 7. The zero-order chi connectivity index (χ0) is 18.1. The van der Waals surface area contributed by atoms with Crippen molar-refractivity contribution in [2.24, 2.45) is 21.7 Å². The number of guanidine groups is 1. The van der Waals surface area contributed by atoms with Gasteiger partial charge < -0.3 is 26.3 Å². The number of benzene rings is 1. The number of amides is 1. The van der Waals surface area contributed by atoms with Crippen molar-refractivity contribution in [3.05, 3.63) is 23.8 Å². The zero-order valence-electron chi connectivity index (χ0n) is 14.4. The van der Waals surface area contributed by atoms with Crippen LogP contribution in [0.5, 0.6) is 11.5 Å². The average molecular weight is 347 g/mol. The van der Waals surface area contributed by atoms with Crippen molar-refractivity contribution in [1.82, 2.24) is 5.32 Å². The topological polar surface area (TPSA) is 124 Å². The number of ether oxygens (including phenoxy) is 2. The maximum Gasteiger partial charge on any atom is 0.258 e. The second kappa shape index (κ2) is 9.51. The third-order valence-electron chi connectivity index (χ3n) is 3.90. The fourth-order valence-corrected chi connectivity index (χ4v) is 2.71. The van der Waals surface area contributed by atoms with E-state index in [-0.39, 0.29) is 24.5 Å². The van der Waals surface area contributed by atoms with Gasteiger partial charge in [0.25, 0.3) is 5.91 Å². The molecule has 0 heterocycles. The van der Waals surface area contributed by atoms with Crippen LogP contribution in [0.25, 0.3) is 0 Å². The van der Waals surface area contributed by atoms with E-state index in [0.717, 1.165) is 18.4 Å². The van der Waals surface area contributed by atoms with E-state index < -0.39 is 0 Å². The lowest BCUT2D eigenvalue weighted by Crippen LogP contribution is -2.39. The van der Waals surface area contributed by atoms with Gasteiger partial charge in [-0.25, -0.2) is 0 Å². The highest BCUT2D eigenvalue weighted by Crippen LogP contribution is 2.27. The van der Waals surface area contributed by atoms with Crippen LogP contribution in [0.15, 0.2) is 28.4 Å². The third kappa shape index (κ3) is 6.33. The van der Waals surface area contributed by atoms with E-state index in [1.807, 2.05) is 0 Å². The highest BCUT2D eigenvalue weighted by atomic mass is 16.5. The number of methoxy groups -OCH3 is 1. The van der Waals surface area contributed by atoms with E-state index >= 15 is 0 Å². The summed E-state index contributed by atoms with van der Waals surface area (Å²) in [5.41, 5.74) is 11.1. The molecule has 8 nitrogen and oxygen atoms in total. The van der Waals surface area contributed by atoms with Crippen molar-refractivity contribution in [3.63, 3.8) is 0 Å². The predicted molar refractivity (Wildman–Crippen MR) is 96.9 cm³/mol. The summed E-state index contributed by atoms with van der Waals surface area (Å²) in [5.74, 6) is 0.749. The van der Waals surface area contributed by atoms with E-state index in [1.165, 1.54) is 32.6 Å². The highest BCUT2D eigenvalue weighted by molar-refractivity contribution is 5.82. The number of nitrogens with two attached hydrogens (primary N) is 2. The number of carbonyl (C=O) groups is 1. The van der Waals surface area contributed by atoms with Gasteiger partial charge in [-0.1, -0.05) is 19.3 Å². The zero-order valence-corrected chi connectivity index (χ0v) is 14.4. The smallest absolute Gasteiger partial charge is 0.258 e. The second-order valence-electron chi connectivity index (χ2n) is 5.87. The van der Waals surface area contributed by atoms with Crippen LogP contribution in [0.1, 0.15) is 37.7 Å². The Balaban J connectivity index is 1.91. The van der Waals surface area contributed by atoms with Gasteiger partial charge in [-0.3, -0.25) is 4.79 Å². The summed E-state index contributed by atoms with van der Waals surface area (Å²) in [6, 6.07) is 5.47. The van der Waals surface area contributed by atoms with Gasteiger partial charge in [0.15, 0.2) is 18.1 Å². The van der Waals surface area contributed by atoms with Crippen molar-refractivity contribution < 1.29 is 14.3 Å². The highest BCUT2D eigenvalue weighted by Gasteiger charge is 2.16. The summed E-state index contributed by atoms with van der Waals surface area (Å²) in [7, 11) is 1.53. The minimum Gasteiger partial charge on any atom is -0.493 e. The Hall–Kier alpha value is -2.77. The molecule has 0 radical (unpaired) electrons. The molecule has 0 spiro atoms. The van der Waals surface area contributed by atoms with Gasteiger partial charge in [0.1, 0.15) is 0 Å². The van der Waals surface area contributed by atoms with E-state index in [2.05, 4.69) is 15.5 Å². The van der Waals surface area contributed by atoms with E-state index in [9.17, 15) is 4.79 Å². The molecular weight excluding hydrogens is 322 g/mol. The molecule has 0 bridgehead atoms. The first-order valence-corrected chi connectivity index (χ1v) is 8.30. The summed E-state index contributed by atoms with van der Waals surface area (Å²) in [5, 5.41) is 10.3. The fraction of sp³-hybridized carbons (Fsp3) is 0.471. The van der Waals surface area contributed by atoms with E-state index in [0.29, 0.717) is 11.5 Å². The third-order valence-corrected chi connectivity index (χ3v) is 3.90. The minimum atomic E-state index is -0.118. The maximum absolute atomic E-state index is 12.0. The summed E-state index contributed by atoms with van der Waals surface area (Å²) in [6.45, 7) is -0.0473. The molecular formula is C17H25N5O3. The largest absolute Gasteiger partial charge is 0.493 e. The molecule has 1 aromatic rings. The average Bonchev–Trinajstić information content (AvgIpc) is 2.61. The first kappa shape index (κ1) is 18.6. The molecule has 136 valence electrons. The standard InChI is InChI=1S/C17H25N5O3/c1-24-15-9-12(10-20-22-17(18)19)7-8-14(15)25-11-16(23)21-13-5-3-2-4-6-13/h7-10,13H,2-6,11H2,1H3,(H,21,23)(H4,18,19,22). The minimum absolute atomic E-state index is 0.0473. The molecule has 1 aliphatic rings. The summed E-state index contributed by atoms with van der Waals surface area (Å²) < 4.78 is 10.9.